The maximum atomic E-state index is 13.4. The van der Waals surface area contributed by atoms with Crippen LogP contribution in [0.25, 0.3) is 0 Å². The number of piperidine rings is 1. The molecule has 3 unspecified atom stereocenters. The highest BCUT2D eigenvalue weighted by Gasteiger charge is 2.47. The van der Waals surface area contributed by atoms with Gasteiger partial charge < -0.3 is 10.2 Å². The van der Waals surface area contributed by atoms with Crippen LogP contribution < -0.4 is 5.32 Å². The van der Waals surface area contributed by atoms with Crippen LogP contribution in [0.15, 0.2) is 54.6 Å². The second-order valence-corrected chi connectivity index (χ2v) is 10.3. The molecular weight excluding hydrogens is 422 g/mol. The number of hydrogen-bond acceptors (Lipinski definition) is 3. The van der Waals surface area contributed by atoms with Crippen molar-refractivity contribution in [2.24, 2.45) is 5.92 Å². The number of benzene rings is 2. The standard InChI is InChI=1S/C29H37N3O2/c33-28(30-20-22-13-15-23(16-14-22)21-31-17-7-2-8-18-31)27-19-25-11-5-6-12-26(25)32(27)29(34)24-9-3-1-4-10-24/h1,3-4,9-10,13-16,25-27H,2,5-8,11-12,17-21H2,(H,30,33). The summed E-state index contributed by atoms with van der Waals surface area (Å²) in [5.41, 5.74) is 3.11. The van der Waals surface area contributed by atoms with Crippen LogP contribution in [-0.2, 0) is 17.9 Å². The Morgan fingerprint density at radius 2 is 1.53 bits per heavy atom. The first kappa shape index (κ1) is 23.1. The van der Waals surface area contributed by atoms with Crippen LogP contribution >= 0.6 is 0 Å². The third-order valence-electron chi connectivity index (χ3n) is 7.99. The lowest BCUT2D eigenvalue weighted by Gasteiger charge is -2.33. The predicted octanol–water partition coefficient (Wildman–Crippen LogP) is 4.76. The van der Waals surface area contributed by atoms with Crippen molar-refractivity contribution < 1.29 is 9.59 Å². The monoisotopic (exact) mass is 459 g/mol. The lowest BCUT2D eigenvalue weighted by molar-refractivity contribution is -0.125. The minimum atomic E-state index is -0.376. The fraction of sp³-hybridized carbons (Fsp3) is 0.517. The van der Waals surface area contributed by atoms with Crippen LogP contribution in [0.2, 0.25) is 0 Å². The Balaban J connectivity index is 1.22. The van der Waals surface area contributed by atoms with Gasteiger partial charge in [0.05, 0.1) is 0 Å². The molecule has 2 amide bonds. The fourth-order valence-electron chi connectivity index (χ4n) is 6.16. The Bertz CT molecular complexity index is 969. The number of nitrogens with one attached hydrogen (secondary N) is 1. The van der Waals surface area contributed by atoms with Crippen LogP contribution in [0.1, 0.15) is 72.9 Å². The van der Waals surface area contributed by atoms with Gasteiger partial charge in [-0.25, -0.2) is 0 Å². The van der Waals surface area contributed by atoms with Gasteiger partial charge in [-0.1, -0.05) is 61.7 Å². The molecule has 180 valence electrons. The molecule has 5 rings (SSSR count). The van der Waals surface area contributed by atoms with Gasteiger partial charge in [-0.15, -0.1) is 0 Å². The molecule has 0 spiro atoms. The SMILES string of the molecule is O=C(NCc1ccc(CN2CCCCC2)cc1)C1CC2CCCCC2N1C(=O)c1ccccc1. The molecule has 2 aromatic carbocycles. The van der Waals surface area contributed by atoms with Gasteiger partial charge in [0, 0.05) is 24.7 Å². The van der Waals surface area contributed by atoms with E-state index in [4.69, 9.17) is 0 Å². The largest absolute Gasteiger partial charge is 0.350 e. The highest BCUT2D eigenvalue weighted by atomic mass is 16.2. The molecule has 3 atom stereocenters. The summed E-state index contributed by atoms with van der Waals surface area (Å²) in [6.07, 6.45) is 9.20. The Kier molecular flexibility index (Phi) is 7.29. The van der Waals surface area contributed by atoms with Gasteiger partial charge in [0.2, 0.25) is 5.91 Å². The molecule has 34 heavy (non-hydrogen) atoms. The van der Waals surface area contributed by atoms with Crippen LogP contribution in [0.5, 0.6) is 0 Å². The average Bonchev–Trinajstić information content (AvgIpc) is 3.28. The van der Waals surface area contributed by atoms with Gasteiger partial charge in [-0.05, 0) is 74.4 Å². The zero-order valence-corrected chi connectivity index (χ0v) is 20.1. The van der Waals surface area contributed by atoms with E-state index < -0.39 is 0 Å². The van der Waals surface area contributed by atoms with E-state index in [1.807, 2.05) is 35.2 Å². The van der Waals surface area contributed by atoms with E-state index in [1.54, 1.807) is 0 Å². The van der Waals surface area contributed by atoms with Gasteiger partial charge in [0.1, 0.15) is 6.04 Å². The van der Waals surface area contributed by atoms with Crippen molar-refractivity contribution in [1.29, 1.82) is 0 Å². The minimum absolute atomic E-state index is 0.00258. The van der Waals surface area contributed by atoms with Crippen molar-refractivity contribution in [2.45, 2.75) is 76.5 Å². The second-order valence-electron chi connectivity index (χ2n) is 10.3. The number of rotatable bonds is 6. The van der Waals surface area contributed by atoms with Gasteiger partial charge in [0.15, 0.2) is 0 Å². The van der Waals surface area contributed by atoms with Crippen molar-refractivity contribution in [3.05, 3.63) is 71.3 Å². The first-order valence-corrected chi connectivity index (χ1v) is 13.1. The number of nitrogens with zero attached hydrogens (tertiary/aromatic N) is 2. The molecule has 5 heteroatoms. The van der Waals surface area contributed by atoms with Crippen LogP contribution in [0, 0.1) is 5.92 Å². The molecular formula is C29H37N3O2. The minimum Gasteiger partial charge on any atom is -0.350 e. The normalized spacial score (nSPS) is 25.1. The summed E-state index contributed by atoms with van der Waals surface area (Å²) in [6.45, 7) is 3.90. The molecule has 1 aliphatic carbocycles. The highest BCUT2D eigenvalue weighted by Crippen LogP contribution is 2.40. The van der Waals surface area contributed by atoms with Gasteiger partial charge in [0.25, 0.3) is 5.91 Å². The number of likely N-dealkylation sites (tertiary alicyclic amines) is 2. The summed E-state index contributed by atoms with van der Waals surface area (Å²) >= 11 is 0. The quantitative estimate of drug-likeness (QED) is 0.678. The molecule has 0 radical (unpaired) electrons. The second kappa shape index (κ2) is 10.7. The molecule has 2 aliphatic heterocycles. The number of hydrogen-bond donors (Lipinski definition) is 1. The van der Waals surface area contributed by atoms with Crippen molar-refractivity contribution in [2.75, 3.05) is 13.1 Å². The van der Waals surface area contributed by atoms with Crippen molar-refractivity contribution in [3.63, 3.8) is 0 Å². The van der Waals surface area contributed by atoms with E-state index in [-0.39, 0.29) is 23.9 Å². The Morgan fingerprint density at radius 1 is 0.824 bits per heavy atom. The summed E-state index contributed by atoms with van der Waals surface area (Å²) < 4.78 is 0. The van der Waals surface area contributed by atoms with Crippen molar-refractivity contribution >= 4 is 11.8 Å². The maximum Gasteiger partial charge on any atom is 0.254 e. The Morgan fingerprint density at radius 3 is 2.29 bits per heavy atom. The molecule has 0 bridgehead atoms. The number of carbonyl (C=O) groups is 2. The molecule has 2 heterocycles. The van der Waals surface area contributed by atoms with Crippen LogP contribution in [0.3, 0.4) is 0 Å². The summed E-state index contributed by atoms with van der Waals surface area (Å²) in [4.78, 5) is 31.2. The first-order valence-electron chi connectivity index (χ1n) is 13.1. The van der Waals surface area contributed by atoms with Crippen LogP contribution in [-0.4, -0.2) is 46.8 Å². The zero-order valence-electron chi connectivity index (χ0n) is 20.1. The van der Waals surface area contributed by atoms with E-state index >= 15 is 0 Å². The number of fused-ring (bicyclic) bond motifs is 1. The van der Waals surface area contributed by atoms with Crippen molar-refractivity contribution in [3.8, 4) is 0 Å². The number of carbonyl (C=O) groups excluding carboxylic acids is 2. The molecule has 3 aliphatic rings. The highest BCUT2D eigenvalue weighted by molar-refractivity contribution is 5.98. The molecule has 1 saturated carbocycles. The van der Waals surface area contributed by atoms with Gasteiger partial charge >= 0.3 is 0 Å². The third kappa shape index (κ3) is 5.20. The lowest BCUT2D eigenvalue weighted by Crippen LogP contribution is -2.49. The molecule has 2 saturated heterocycles. The Hall–Kier alpha value is -2.66. The maximum absolute atomic E-state index is 13.4. The third-order valence-corrected chi connectivity index (χ3v) is 7.99. The predicted molar refractivity (Wildman–Crippen MR) is 134 cm³/mol. The summed E-state index contributed by atoms with van der Waals surface area (Å²) in [5, 5.41) is 3.14. The zero-order chi connectivity index (χ0) is 23.3. The summed E-state index contributed by atoms with van der Waals surface area (Å²) in [7, 11) is 0. The first-order chi connectivity index (χ1) is 16.7. The van der Waals surface area contributed by atoms with E-state index in [2.05, 4.69) is 34.5 Å². The Labute approximate surface area is 203 Å². The molecule has 3 fully saturated rings. The van der Waals surface area contributed by atoms with Gasteiger partial charge in [-0.2, -0.15) is 0 Å². The smallest absolute Gasteiger partial charge is 0.254 e. The fourth-order valence-corrected chi connectivity index (χ4v) is 6.16. The summed E-state index contributed by atoms with van der Waals surface area (Å²) in [6, 6.07) is 17.9. The topological polar surface area (TPSA) is 52.7 Å². The van der Waals surface area contributed by atoms with E-state index in [9.17, 15) is 9.59 Å². The average molecular weight is 460 g/mol. The van der Waals surface area contributed by atoms with E-state index in [0.717, 1.165) is 37.8 Å². The summed E-state index contributed by atoms with van der Waals surface area (Å²) in [5.74, 6) is 0.416. The lowest BCUT2D eigenvalue weighted by atomic mass is 9.84. The van der Waals surface area contributed by atoms with E-state index in [1.165, 1.54) is 44.3 Å². The van der Waals surface area contributed by atoms with Crippen molar-refractivity contribution in [1.82, 2.24) is 15.1 Å². The molecule has 2 aromatic rings. The number of amides is 2. The van der Waals surface area contributed by atoms with Crippen LogP contribution in [0.4, 0.5) is 0 Å². The van der Waals surface area contributed by atoms with Gasteiger partial charge in [-0.3, -0.25) is 14.5 Å². The molecule has 0 aromatic heterocycles. The molecule has 1 N–H and O–H groups in total. The molecule has 5 nitrogen and oxygen atoms in total. The van der Waals surface area contributed by atoms with E-state index in [0.29, 0.717) is 18.0 Å².